The molecule has 1 aliphatic rings. The number of thiophene rings is 1. The van der Waals surface area contributed by atoms with Gasteiger partial charge in [0.2, 0.25) is 0 Å². The second-order valence-electron chi connectivity index (χ2n) is 6.64. The summed E-state index contributed by atoms with van der Waals surface area (Å²) in [5, 5.41) is 4.14. The standard InChI is InChI=1S/C20H24N2OS/c1-4-15-7-8-18-16(10-15)11-19(24-18)20(23)22-21-12-17-9-13(2)5-6-14(17)3/h5-6,9,11-12,15H,4,7-8,10H2,1-3H3,(H,22,23)/b21-12-/t15-/m1/s1. The highest BCUT2D eigenvalue weighted by atomic mass is 32.1. The van der Waals surface area contributed by atoms with E-state index < -0.39 is 0 Å². The van der Waals surface area contributed by atoms with Crippen molar-refractivity contribution in [2.75, 3.05) is 0 Å². The number of amides is 1. The van der Waals surface area contributed by atoms with Gasteiger partial charge in [-0.3, -0.25) is 4.79 Å². The molecule has 0 spiro atoms. The fourth-order valence-electron chi connectivity index (χ4n) is 3.17. The van der Waals surface area contributed by atoms with Gasteiger partial charge < -0.3 is 0 Å². The van der Waals surface area contributed by atoms with Crippen LogP contribution in [-0.4, -0.2) is 12.1 Å². The minimum atomic E-state index is -0.107. The summed E-state index contributed by atoms with van der Waals surface area (Å²) in [7, 11) is 0. The molecule has 1 N–H and O–H groups in total. The van der Waals surface area contributed by atoms with E-state index in [1.54, 1.807) is 17.6 Å². The molecule has 0 saturated heterocycles. The molecule has 0 saturated carbocycles. The minimum absolute atomic E-state index is 0.107. The summed E-state index contributed by atoms with van der Waals surface area (Å²) in [5.41, 5.74) is 7.40. The zero-order valence-electron chi connectivity index (χ0n) is 14.6. The molecule has 0 bridgehead atoms. The van der Waals surface area contributed by atoms with Gasteiger partial charge >= 0.3 is 0 Å². The number of rotatable bonds is 4. The van der Waals surface area contributed by atoms with Gasteiger partial charge in [0, 0.05) is 4.88 Å². The van der Waals surface area contributed by atoms with Gasteiger partial charge in [0.25, 0.3) is 5.91 Å². The molecular formula is C20H24N2OS. The van der Waals surface area contributed by atoms with E-state index >= 15 is 0 Å². The summed E-state index contributed by atoms with van der Waals surface area (Å²) < 4.78 is 0. The van der Waals surface area contributed by atoms with Crippen LogP contribution in [0.4, 0.5) is 0 Å². The van der Waals surface area contributed by atoms with Crippen molar-refractivity contribution in [3.63, 3.8) is 0 Å². The maximum absolute atomic E-state index is 12.3. The van der Waals surface area contributed by atoms with Crippen LogP contribution >= 0.6 is 11.3 Å². The van der Waals surface area contributed by atoms with Crippen LogP contribution in [0, 0.1) is 19.8 Å². The Labute approximate surface area is 147 Å². The van der Waals surface area contributed by atoms with E-state index in [2.05, 4.69) is 48.6 Å². The van der Waals surface area contributed by atoms with Gasteiger partial charge in [-0.2, -0.15) is 5.10 Å². The number of hydrogen-bond acceptors (Lipinski definition) is 3. The average molecular weight is 340 g/mol. The number of nitrogens with zero attached hydrogens (tertiary/aromatic N) is 1. The smallest absolute Gasteiger partial charge is 0.266 e. The van der Waals surface area contributed by atoms with Crippen molar-refractivity contribution < 1.29 is 4.79 Å². The lowest BCUT2D eigenvalue weighted by Crippen LogP contribution is -2.16. The van der Waals surface area contributed by atoms with E-state index in [-0.39, 0.29) is 5.91 Å². The Morgan fingerprint density at radius 2 is 2.21 bits per heavy atom. The number of fused-ring (bicyclic) bond motifs is 1. The van der Waals surface area contributed by atoms with Gasteiger partial charge in [-0.15, -0.1) is 11.3 Å². The van der Waals surface area contributed by atoms with Crippen LogP contribution in [0.25, 0.3) is 0 Å². The van der Waals surface area contributed by atoms with Crippen LogP contribution in [0.15, 0.2) is 29.4 Å². The maximum Gasteiger partial charge on any atom is 0.281 e. The molecule has 3 rings (SSSR count). The van der Waals surface area contributed by atoms with Crippen LogP contribution in [0.5, 0.6) is 0 Å². The number of carbonyl (C=O) groups is 1. The molecule has 4 heteroatoms. The first-order valence-electron chi connectivity index (χ1n) is 8.59. The van der Waals surface area contributed by atoms with Gasteiger partial charge in [0.15, 0.2) is 0 Å². The minimum Gasteiger partial charge on any atom is -0.266 e. The van der Waals surface area contributed by atoms with Crippen LogP contribution < -0.4 is 5.43 Å². The quantitative estimate of drug-likeness (QED) is 0.639. The molecule has 1 atom stereocenters. The van der Waals surface area contributed by atoms with E-state index in [0.29, 0.717) is 0 Å². The Hall–Kier alpha value is -1.94. The molecular weight excluding hydrogens is 316 g/mol. The van der Waals surface area contributed by atoms with E-state index in [4.69, 9.17) is 0 Å². The Morgan fingerprint density at radius 3 is 3.00 bits per heavy atom. The summed E-state index contributed by atoms with van der Waals surface area (Å²) >= 11 is 1.62. The molecule has 3 nitrogen and oxygen atoms in total. The van der Waals surface area contributed by atoms with Gasteiger partial charge in [-0.1, -0.05) is 37.1 Å². The first-order chi connectivity index (χ1) is 11.6. The number of carbonyl (C=O) groups excluding carboxylic acids is 1. The van der Waals surface area contributed by atoms with Crippen LogP contribution in [0.3, 0.4) is 0 Å². The molecule has 24 heavy (non-hydrogen) atoms. The number of nitrogens with one attached hydrogen (secondary N) is 1. The predicted octanol–water partition coefficient (Wildman–Crippen LogP) is 4.64. The Balaban J connectivity index is 1.66. The van der Waals surface area contributed by atoms with Crippen molar-refractivity contribution in [3.8, 4) is 0 Å². The molecule has 2 aromatic rings. The highest BCUT2D eigenvalue weighted by molar-refractivity contribution is 7.14. The lowest BCUT2D eigenvalue weighted by Gasteiger charge is -2.19. The fraction of sp³-hybridized carbons (Fsp3) is 0.400. The third kappa shape index (κ3) is 3.75. The van der Waals surface area contributed by atoms with Crippen molar-refractivity contribution in [2.45, 2.75) is 46.5 Å². The van der Waals surface area contributed by atoms with E-state index in [1.807, 2.05) is 6.92 Å². The molecule has 0 aliphatic heterocycles. The number of aryl methyl sites for hydroxylation is 3. The summed E-state index contributed by atoms with van der Waals surface area (Å²) in [6, 6.07) is 8.27. The Bertz CT molecular complexity index is 776. The zero-order valence-corrected chi connectivity index (χ0v) is 15.4. The van der Waals surface area contributed by atoms with Gasteiger partial charge in [-0.25, -0.2) is 5.43 Å². The highest BCUT2D eigenvalue weighted by Crippen LogP contribution is 2.33. The lowest BCUT2D eigenvalue weighted by molar-refractivity contribution is 0.0959. The van der Waals surface area contributed by atoms with Gasteiger partial charge in [0.05, 0.1) is 11.1 Å². The van der Waals surface area contributed by atoms with Crippen molar-refractivity contribution in [3.05, 3.63) is 56.3 Å². The molecule has 126 valence electrons. The monoisotopic (exact) mass is 340 g/mol. The molecule has 1 aromatic carbocycles. The largest absolute Gasteiger partial charge is 0.281 e. The molecule has 1 aromatic heterocycles. The van der Waals surface area contributed by atoms with E-state index in [0.717, 1.165) is 34.8 Å². The lowest BCUT2D eigenvalue weighted by atomic mass is 9.87. The highest BCUT2D eigenvalue weighted by Gasteiger charge is 2.21. The third-order valence-corrected chi connectivity index (χ3v) is 6.03. The summed E-state index contributed by atoms with van der Waals surface area (Å²) in [5.74, 6) is 0.661. The second-order valence-corrected chi connectivity index (χ2v) is 7.77. The Kier molecular flexibility index (Phi) is 5.14. The first kappa shape index (κ1) is 16.9. The molecule has 0 radical (unpaired) electrons. The topological polar surface area (TPSA) is 41.5 Å². The zero-order chi connectivity index (χ0) is 17.1. The fourth-order valence-corrected chi connectivity index (χ4v) is 4.27. The molecule has 1 aliphatic carbocycles. The Morgan fingerprint density at radius 1 is 1.38 bits per heavy atom. The molecule has 1 amide bonds. The van der Waals surface area contributed by atoms with Crippen LogP contribution in [-0.2, 0) is 12.8 Å². The maximum atomic E-state index is 12.3. The van der Waals surface area contributed by atoms with Gasteiger partial charge in [0.1, 0.15) is 0 Å². The van der Waals surface area contributed by atoms with Crippen LogP contribution in [0.2, 0.25) is 0 Å². The number of hydrogen-bond donors (Lipinski definition) is 1. The summed E-state index contributed by atoms with van der Waals surface area (Å²) in [6.45, 7) is 6.34. The number of hydrazone groups is 1. The van der Waals surface area contributed by atoms with E-state index in [1.165, 1.54) is 28.8 Å². The third-order valence-electron chi connectivity index (χ3n) is 4.79. The SMILES string of the molecule is CC[C@@H]1CCc2sc(C(=O)N/N=C\c3cc(C)ccc3C)cc2C1. The molecule has 1 heterocycles. The molecule has 0 unspecified atom stereocenters. The normalized spacial score (nSPS) is 17.0. The molecule has 0 fully saturated rings. The second kappa shape index (κ2) is 7.31. The number of benzene rings is 1. The van der Waals surface area contributed by atoms with Gasteiger partial charge in [-0.05, 0) is 61.8 Å². The summed E-state index contributed by atoms with van der Waals surface area (Å²) in [6.07, 6.45) is 6.41. The average Bonchev–Trinajstić information content (AvgIpc) is 3.01. The van der Waals surface area contributed by atoms with Crippen molar-refractivity contribution >= 4 is 23.5 Å². The van der Waals surface area contributed by atoms with Crippen LogP contribution in [0.1, 0.15) is 56.6 Å². The van der Waals surface area contributed by atoms with Crippen molar-refractivity contribution in [1.29, 1.82) is 0 Å². The van der Waals surface area contributed by atoms with Crippen molar-refractivity contribution in [2.24, 2.45) is 11.0 Å². The van der Waals surface area contributed by atoms with Crippen molar-refractivity contribution in [1.82, 2.24) is 5.43 Å². The first-order valence-corrected chi connectivity index (χ1v) is 9.40. The van der Waals surface area contributed by atoms with E-state index in [9.17, 15) is 4.79 Å². The summed E-state index contributed by atoms with van der Waals surface area (Å²) in [4.78, 5) is 14.5. The predicted molar refractivity (Wildman–Crippen MR) is 101 cm³/mol.